The summed E-state index contributed by atoms with van der Waals surface area (Å²) in [6.07, 6.45) is 0. The van der Waals surface area contributed by atoms with Crippen LogP contribution in [0, 0.1) is 12.7 Å². The van der Waals surface area contributed by atoms with Gasteiger partial charge in [-0.2, -0.15) is 0 Å². The number of para-hydroxylation sites is 1. The first-order valence-corrected chi connectivity index (χ1v) is 6.74. The molecule has 0 spiro atoms. The Morgan fingerprint density at radius 2 is 1.95 bits per heavy atom. The summed E-state index contributed by atoms with van der Waals surface area (Å²) in [4.78, 5) is 0. The second-order valence-corrected chi connectivity index (χ2v) is 5.47. The molecule has 4 heteroatoms. The van der Waals surface area contributed by atoms with E-state index in [0.29, 0.717) is 0 Å². The molecule has 2 aromatic carbocycles. The van der Waals surface area contributed by atoms with E-state index in [1.807, 2.05) is 38.1 Å². The van der Waals surface area contributed by atoms with E-state index >= 15 is 0 Å². The highest BCUT2D eigenvalue weighted by Gasteiger charge is 2.26. The smallest absolute Gasteiger partial charge is 0.141 e. The molecule has 0 fully saturated rings. The van der Waals surface area contributed by atoms with Gasteiger partial charge >= 0.3 is 0 Å². The molecular weight excluding hydrogens is 277 g/mol. The van der Waals surface area contributed by atoms with Gasteiger partial charge < -0.3 is 10.4 Å². The fourth-order valence-corrected chi connectivity index (χ4v) is 2.23. The van der Waals surface area contributed by atoms with Crippen molar-refractivity contribution in [1.29, 1.82) is 0 Å². The Balaban J connectivity index is 2.38. The number of nitrogens with one attached hydrogen (secondary N) is 1. The maximum atomic E-state index is 13.3. The highest BCUT2D eigenvalue weighted by molar-refractivity contribution is 6.30. The Hall–Kier alpha value is -1.58. The van der Waals surface area contributed by atoms with Crippen LogP contribution in [-0.4, -0.2) is 11.7 Å². The van der Waals surface area contributed by atoms with E-state index in [1.165, 1.54) is 6.07 Å². The van der Waals surface area contributed by atoms with Gasteiger partial charge in [0.1, 0.15) is 5.82 Å². The summed E-state index contributed by atoms with van der Waals surface area (Å²) >= 11 is 5.83. The van der Waals surface area contributed by atoms with E-state index in [-0.39, 0.29) is 11.6 Å². The third kappa shape index (κ3) is 2.94. The topological polar surface area (TPSA) is 32.3 Å². The van der Waals surface area contributed by atoms with Crippen molar-refractivity contribution < 1.29 is 9.50 Å². The van der Waals surface area contributed by atoms with Crippen LogP contribution in [0.25, 0.3) is 0 Å². The predicted molar refractivity (Wildman–Crippen MR) is 80.6 cm³/mol. The Morgan fingerprint density at radius 1 is 1.25 bits per heavy atom. The van der Waals surface area contributed by atoms with E-state index < -0.39 is 11.4 Å². The van der Waals surface area contributed by atoms with E-state index in [4.69, 9.17) is 11.6 Å². The molecule has 0 amide bonds. The zero-order valence-corrected chi connectivity index (χ0v) is 12.2. The monoisotopic (exact) mass is 293 g/mol. The maximum absolute atomic E-state index is 13.3. The molecule has 0 radical (unpaired) electrons. The molecule has 2 N–H and O–H groups in total. The lowest BCUT2D eigenvalue weighted by molar-refractivity contribution is 0.224. The average Bonchev–Trinajstić information content (AvgIpc) is 2.44. The lowest BCUT2D eigenvalue weighted by Gasteiger charge is -2.31. The van der Waals surface area contributed by atoms with E-state index in [9.17, 15) is 9.50 Å². The molecule has 0 aliphatic heterocycles. The molecule has 0 saturated carbocycles. The molecule has 2 nitrogen and oxygen atoms in total. The van der Waals surface area contributed by atoms with Crippen molar-refractivity contribution in [3.05, 3.63) is 64.4 Å². The van der Waals surface area contributed by atoms with Crippen molar-refractivity contribution in [3.8, 4) is 0 Å². The standard InChI is InChI=1S/C16H17ClFNO/c1-11-5-3-4-6-15(11)19-16(2,10-20)12-7-8-14(18)13(17)9-12/h3-9,19-20H,10H2,1-2H3. The molecule has 1 unspecified atom stereocenters. The van der Waals surface area contributed by atoms with Gasteiger partial charge in [0.05, 0.1) is 17.2 Å². The molecule has 0 saturated heterocycles. The Morgan fingerprint density at radius 3 is 2.55 bits per heavy atom. The fourth-order valence-electron chi connectivity index (χ4n) is 2.05. The molecule has 106 valence electrons. The van der Waals surface area contributed by atoms with Crippen LogP contribution in [0.3, 0.4) is 0 Å². The number of benzene rings is 2. The number of anilines is 1. The summed E-state index contributed by atoms with van der Waals surface area (Å²) in [5, 5.41) is 13.1. The highest BCUT2D eigenvalue weighted by atomic mass is 35.5. The van der Waals surface area contributed by atoms with Crippen LogP contribution in [0.1, 0.15) is 18.1 Å². The van der Waals surface area contributed by atoms with Gasteiger partial charge in [0.2, 0.25) is 0 Å². The number of aryl methyl sites for hydroxylation is 1. The number of aliphatic hydroxyl groups is 1. The van der Waals surface area contributed by atoms with Crippen LogP contribution in [0.15, 0.2) is 42.5 Å². The van der Waals surface area contributed by atoms with Gasteiger partial charge in [-0.05, 0) is 43.2 Å². The molecule has 2 aromatic rings. The van der Waals surface area contributed by atoms with Gasteiger partial charge in [-0.15, -0.1) is 0 Å². The minimum atomic E-state index is -0.733. The molecule has 0 heterocycles. The SMILES string of the molecule is Cc1ccccc1NC(C)(CO)c1ccc(F)c(Cl)c1. The summed E-state index contributed by atoms with van der Waals surface area (Å²) in [5.74, 6) is -0.466. The first-order valence-electron chi connectivity index (χ1n) is 6.36. The molecule has 20 heavy (non-hydrogen) atoms. The first kappa shape index (κ1) is 14.8. The Bertz CT molecular complexity index is 617. The van der Waals surface area contributed by atoms with E-state index in [1.54, 1.807) is 12.1 Å². The largest absolute Gasteiger partial charge is 0.394 e. The van der Waals surface area contributed by atoms with Crippen molar-refractivity contribution in [1.82, 2.24) is 0 Å². The summed E-state index contributed by atoms with van der Waals surface area (Å²) in [7, 11) is 0. The van der Waals surface area contributed by atoms with Gasteiger partial charge in [-0.1, -0.05) is 35.9 Å². The van der Waals surface area contributed by atoms with Crippen LogP contribution < -0.4 is 5.32 Å². The minimum absolute atomic E-state index is 0.0498. The van der Waals surface area contributed by atoms with Crippen molar-refractivity contribution in [2.45, 2.75) is 19.4 Å². The first-order chi connectivity index (χ1) is 9.46. The van der Waals surface area contributed by atoms with Gasteiger partial charge in [0.15, 0.2) is 0 Å². The second kappa shape index (κ2) is 5.81. The third-order valence-electron chi connectivity index (χ3n) is 3.43. The van der Waals surface area contributed by atoms with E-state index in [0.717, 1.165) is 16.8 Å². The number of rotatable bonds is 4. The van der Waals surface area contributed by atoms with Crippen LogP contribution in [-0.2, 0) is 5.54 Å². The van der Waals surface area contributed by atoms with Crippen molar-refractivity contribution in [3.63, 3.8) is 0 Å². The Kier molecular flexibility index (Phi) is 4.31. The third-order valence-corrected chi connectivity index (χ3v) is 3.72. The minimum Gasteiger partial charge on any atom is -0.394 e. The molecule has 2 rings (SSSR count). The van der Waals surface area contributed by atoms with Gasteiger partial charge in [-0.25, -0.2) is 4.39 Å². The molecule has 0 bridgehead atoms. The van der Waals surface area contributed by atoms with Crippen molar-refractivity contribution in [2.75, 3.05) is 11.9 Å². The second-order valence-electron chi connectivity index (χ2n) is 5.06. The summed E-state index contributed by atoms with van der Waals surface area (Å²) in [6, 6.07) is 12.3. The van der Waals surface area contributed by atoms with Gasteiger partial charge in [0, 0.05) is 5.69 Å². The van der Waals surface area contributed by atoms with Crippen LogP contribution in [0.5, 0.6) is 0 Å². The van der Waals surface area contributed by atoms with Crippen molar-refractivity contribution >= 4 is 17.3 Å². The zero-order valence-electron chi connectivity index (χ0n) is 11.5. The molecule has 0 aliphatic rings. The predicted octanol–water partition coefficient (Wildman–Crippen LogP) is 4.11. The lowest BCUT2D eigenvalue weighted by atomic mass is 9.92. The fraction of sp³-hybridized carbons (Fsp3) is 0.250. The zero-order chi connectivity index (χ0) is 14.8. The molecule has 1 atom stereocenters. The van der Waals surface area contributed by atoms with Crippen LogP contribution in [0.4, 0.5) is 10.1 Å². The number of hydrogen-bond donors (Lipinski definition) is 2. The van der Waals surface area contributed by atoms with Gasteiger partial charge in [-0.3, -0.25) is 0 Å². The molecular formula is C16H17ClFNO. The van der Waals surface area contributed by atoms with Gasteiger partial charge in [0.25, 0.3) is 0 Å². The number of halogens is 2. The van der Waals surface area contributed by atoms with Crippen molar-refractivity contribution in [2.24, 2.45) is 0 Å². The number of aliphatic hydroxyl groups excluding tert-OH is 1. The maximum Gasteiger partial charge on any atom is 0.141 e. The Labute approximate surface area is 123 Å². The van der Waals surface area contributed by atoms with Crippen LogP contribution >= 0.6 is 11.6 Å². The van der Waals surface area contributed by atoms with Crippen LogP contribution in [0.2, 0.25) is 5.02 Å². The normalized spacial score (nSPS) is 13.8. The lowest BCUT2D eigenvalue weighted by Crippen LogP contribution is -2.36. The quantitative estimate of drug-likeness (QED) is 0.889. The molecule has 0 aromatic heterocycles. The molecule has 0 aliphatic carbocycles. The summed E-state index contributed by atoms with van der Waals surface area (Å²) in [6.45, 7) is 3.70. The average molecular weight is 294 g/mol. The summed E-state index contributed by atoms with van der Waals surface area (Å²) in [5.41, 5.74) is 1.99. The number of hydrogen-bond acceptors (Lipinski definition) is 2. The van der Waals surface area contributed by atoms with E-state index in [2.05, 4.69) is 5.32 Å². The highest BCUT2D eigenvalue weighted by Crippen LogP contribution is 2.30. The summed E-state index contributed by atoms with van der Waals surface area (Å²) < 4.78 is 13.3.